The first-order valence-electron chi connectivity index (χ1n) is 6.65. The smallest absolute Gasteiger partial charge is 0.238 e. The van der Waals surface area contributed by atoms with E-state index in [4.69, 9.17) is 10.9 Å². The summed E-state index contributed by atoms with van der Waals surface area (Å²) in [5.74, 6) is 0. The van der Waals surface area contributed by atoms with Crippen molar-refractivity contribution in [3.05, 3.63) is 54.1 Å². The second-order valence-corrected chi connectivity index (χ2v) is 6.37. The molecule has 0 bridgehead atoms. The zero-order chi connectivity index (χ0) is 15.5. The van der Waals surface area contributed by atoms with E-state index in [1.165, 1.54) is 12.1 Å². The average molecular weight is 305 g/mol. The lowest BCUT2D eigenvalue weighted by molar-refractivity contribution is 0.598. The summed E-state index contributed by atoms with van der Waals surface area (Å²) in [7, 11) is -3.74. The van der Waals surface area contributed by atoms with Gasteiger partial charge in [-0.25, -0.2) is 13.6 Å². The molecule has 0 heterocycles. The molecule has 0 aliphatic carbocycles. The van der Waals surface area contributed by atoms with Crippen LogP contribution in [0.25, 0.3) is 0 Å². The van der Waals surface area contributed by atoms with E-state index in [-0.39, 0.29) is 10.9 Å². The highest BCUT2D eigenvalue weighted by Crippen LogP contribution is 2.28. The van der Waals surface area contributed by atoms with Gasteiger partial charge in [0.25, 0.3) is 0 Å². The van der Waals surface area contributed by atoms with E-state index < -0.39 is 10.0 Å². The molecule has 2 rings (SSSR count). The normalized spacial score (nSPS) is 12.9. The van der Waals surface area contributed by atoms with Gasteiger partial charge in [0.2, 0.25) is 10.0 Å². The average Bonchev–Trinajstić information content (AvgIpc) is 2.46. The molecule has 1 atom stereocenters. The van der Waals surface area contributed by atoms with Crippen molar-refractivity contribution in [2.24, 2.45) is 5.14 Å². The second kappa shape index (κ2) is 6.15. The zero-order valence-electron chi connectivity index (χ0n) is 11.8. The van der Waals surface area contributed by atoms with E-state index in [1.54, 1.807) is 6.07 Å². The van der Waals surface area contributed by atoms with Crippen molar-refractivity contribution < 1.29 is 8.42 Å². The summed E-state index contributed by atoms with van der Waals surface area (Å²) in [4.78, 5) is 0.0123. The van der Waals surface area contributed by atoms with Gasteiger partial charge in [0.15, 0.2) is 0 Å². The van der Waals surface area contributed by atoms with Crippen LogP contribution in [0.4, 0.5) is 11.4 Å². The predicted octanol–water partition coefficient (Wildman–Crippen LogP) is 2.48. The first-order valence-corrected chi connectivity index (χ1v) is 8.20. The number of sulfonamides is 1. The standard InChI is InChI=1S/C15H19N3O2S/c1-2-14(11-6-4-3-5-7-11)18-15-9-8-12(10-13(15)16)21(17,19)20/h3-10,14,18H,2,16H2,1H3,(H2,17,19,20). The van der Waals surface area contributed by atoms with Gasteiger partial charge in [0, 0.05) is 0 Å². The molecule has 0 aromatic heterocycles. The van der Waals surface area contributed by atoms with Crippen LogP contribution >= 0.6 is 0 Å². The molecule has 0 aliphatic heterocycles. The fourth-order valence-corrected chi connectivity index (χ4v) is 2.69. The summed E-state index contributed by atoms with van der Waals surface area (Å²) in [5, 5.41) is 8.42. The number of nitrogen functional groups attached to an aromatic ring is 1. The Labute approximate surface area is 125 Å². The summed E-state index contributed by atoms with van der Waals surface area (Å²) >= 11 is 0. The monoisotopic (exact) mass is 305 g/mol. The van der Waals surface area contributed by atoms with Gasteiger partial charge < -0.3 is 11.1 Å². The fraction of sp³-hybridized carbons (Fsp3) is 0.200. The maximum absolute atomic E-state index is 11.3. The molecule has 0 saturated carbocycles. The predicted molar refractivity (Wildman–Crippen MR) is 85.3 cm³/mol. The van der Waals surface area contributed by atoms with Gasteiger partial charge in [-0.15, -0.1) is 0 Å². The van der Waals surface area contributed by atoms with Crippen LogP contribution in [0.5, 0.6) is 0 Å². The Morgan fingerprint density at radius 1 is 1.14 bits per heavy atom. The van der Waals surface area contributed by atoms with Crippen molar-refractivity contribution in [1.82, 2.24) is 0 Å². The maximum atomic E-state index is 11.3. The number of anilines is 2. The Hall–Kier alpha value is -2.05. The van der Waals surface area contributed by atoms with Crippen molar-refractivity contribution in [3.63, 3.8) is 0 Å². The van der Waals surface area contributed by atoms with Crippen molar-refractivity contribution >= 4 is 21.4 Å². The lowest BCUT2D eigenvalue weighted by atomic mass is 10.0. The molecule has 0 spiro atoms. The number of nitrogens with two attached hydrogens (primary N) is 2. The van der Waals surface area contributed by atoms with E-state index in [0.29, 0.717) is 11.4 Å². The van der Waals surface area contributed by atoms with Crippen molar-refractivity contribution in [3.8, 4) is 0 Å². The minimum absolute atomic E-state index is 0.0123. The van der Waals surface area contributed by atoms with E-state index in [9.17, 15) is 8.42 Å². The zero-order valence-corrected chi connectivity index (χ0v) is 12.6. The van der Waals surface area contributed by atoms with Gasteiger partial charge in [-0.1, -0.05) is 37.3 Å². The van der Waals surface area contributed by atoms with Gasteiger partial charge in [-0.2, -0.15) is 0 Å². The molecule has 21 heavy (non-hydrogen) atoms. The molecule has 2 aromatic carbocycles. The molecule has 2 aromatic rings. The lowest BCUT2D eigenvalue weighted by Crippen LogP contribution is -2.14. The second-order valence-electron chi connectivity index (χ2n) is 4.81. The SMILES string of the molecule is CCC(Nc1ccc(S(N)(=O)=O)cc1N)c1ccccc1. The third-order valence-electron chi connectivity index (χ3n) is 3.29. The molecule has 0 saturated heterocycles. The highest BCUT2D eigenvalue weighted by Gasteiger charge is 2.13. The van der Waals surface area contributed by atoms with Crippen LogP contribution < -0.4 is 16.2 Å². The molecule has 0 fully saturated rings. The molecule has 6 heteroatoms. The summed E-state index contributed by atoms with van der Waals surface area (Å²) in [6.45, 7) is 2.07. The van der Waals surface area contributed by atoms with E-state index in [0.717, 1.165) is 12.0 Å². The van der Waals surface area contributed by atoms with E-state index >= 15 is 0 Å². The quantitative estimate of drug-likeness (QED) is 0.739. The topological polar surface area (TPSA) is 98.2 Å². The van der Waals surface area contributed by atoms with E-state index in [1.807, 2.05) is 30.3 Å². The van der Waals surface area contributed by atoms with Crippen LogP contribution in [0.2, 0.25) is 0 Å². The Kier molecular flexibility index (Phi) is 4.50. The molecular weight excluding hydrogens is 286 g/mol. The van der Waals surface area contributed by atoms with Crippen molar-refractivity contribution in [1.29, 1.82) is 0 Å². The van der Waals surface area contributed by atoms with Crippen LogP contribution in [0, 0.1) is 0 Å². The molecular formula is C15H19N3O2S. The van der Waals surface area contributed by atoms with Gasteiger partial charge in [0.1, 0.15) is 0 Å². The summed E-state index contributed by atoms with van der Waals surface area (Å²) in [5.41, 5.74) is 8.11. The summed E-state index contributed by atoms with van der Waals surface area (Å²) in [6.07, 6.45) is 0.875. The molecule has 112 valence electrons. The minimum Gasteiger partial charge on any atom is -0.397 e. The first-order chi connectivity index (χ1) is 9.91. The first kappa shape index (κ1) is 15.3. The van der Waals surface area contributed by atoms with Gasteiger partial charge in [-0.3, -0.25) is 0 Å². The minimum atomic E-state index is -3.74. The van der Waals surface area contributed by atoms with Crippen LogP contribution in [0.15, 0.2) is 53.4 Å². The Morgan fingerprint density at radius 3 is 2.33 bits per heavy atom. The third kappa shape index (κ3) is 3.74. The number of nitrogens with one attached hydrogen (secondary N) is 1. The van der Waals surface area contributed by atoms with E-state index in [2.05, 4.69) is 12.2 Å². The number of primary sulfonamides is 1. The molecule has 0 aliphatic rings. The van der Waals surface area contributed by atoms with Gasteiger partial charge in [-0.05, 0) is 30.2 Å². The van der Waals surface area contributed by atoms with Crippen molar-refractivity contribution in [2.75, 3.05) is 11.1 Å². The molecule has 5 nitrogen and oxygen atoms in total. The van der Waals surface area contributed by atoms with Crippen LogP contribution in [-0.2, 0) is 10.0 Å². The molecule has 0 amide bonds. The summed E-state index contributed by atoms with van der Waals surface area (Å²) in [6, 6.07) is 14.6. The maximum Gasteiger partial charge on any atom is 0.238 e. The highest BCUT2D eigenvalue weighted by atomic mass is 32.2. The Bertz CT molecular complexity index is 715. The number of hydrogen-bond acceptors (Lipinski definition) is 4. The van der Waals surface area contributed by atoms with Crippen LogP contribution in [0.1, 0.15) is 24.9 Å². The number of benzene rings is 2. The van der Waals surface area contributed by atoms with Crippen LogP contribution in [0.3, 0.4) is 0 Å². The summed E-state index contributed by atoms with van der Waals surface area (Å²) < 4.78 is 22.6. The molecule has 1 unspecified atom stereocenters. The van der Waals surface area contributed by atoms with Crippen LogP contribution in [-0.4, -0.2) is 8.42 Å². The Balaban J connectivity index is 2.27. The van der Waals surface area contributed by atoms with Gasteiger partial charge in [0.05, 0.1) is 22.3 Å². The Morgan fingerprint density at radius 2 is 1.81 bits per heavy atom. The van der Waals surface area contributed by atoms with Gasteiger partial charge >= 0.3 is 0 Å². The fourth-order valence-electron chi connectivity index (χ4n) is 2.14. The highest BCUT2D eigenvalue weighted by molar-refractivity contribution is 7.89. The number of hydrogen-bond donors (Lipinski definition) is 3. The molecule has 5 N–H and O–H groups in total. The molecule has 0 radical (unpaired) electrons. The third-order valence-corrected chi connectivity index (χ3v) is 4.20. The van der Waals surface area contributed by atoms with Crippen molar-refractivity contribution in [2.45, 2.75) is 24.3 Å². The largest absolute Gasteiger partial charge is 0.397 e. The number of rotatable bonds is 5. The lowest BCUT2D eigenvalue weighted by Gasteiger charge is -2.20.